The fourth-order valence-electron chi connectivity index (χ4n) is 2.39. The molecule has 0 unspecified atom stereocenters. The number of carbonyl (C=O) groups is 1. The van der Waals surface area contributed by atoms with Crippen molar-refractivity contribution in [2.24, 2.45) is 0 Å². The summed E-state index contributed by atoms with van der Waals surface area (Å²) in [5.41, 5.74) is 0. The number of unbranched alkanes of at least 4 members (excludes halogenated alkanes) is 6. The van der Waals surface area contributed by atoms with Gasteiger partial charge in [0.15, 0.2) is 0 Å². The molecule has 0 N–H and O–H groups in total. The molecule has 0 aromatic carbocycles. The summed E-state index contributed by atoms with van der Waals surface area (Å²) in [5.74, 6) is -0.294. The molecule has 0 aliphatic rings. The first-order valence-electron chi connectivity index (χ1n) is 10.8. The highest BCUT2D eigenvalue weighted by Crippen LogP contribution is 2.06. The molecule has 0 fully saturated rings. The molecule has 0 heterocycles. The summed E-state index contributed by atoms with van der Waals surface area (Å²) in [4.78, 5) is 10.5. The van der Waals surface area contributed by atoms with Crippen LogP contribution >= 0.6 is 0 Å². The lowest BCUT2D eigenvalue weighted by atomic mass is 10.1. The van der Waals surface area contributed by atoms with Gasteiger partial charge in [-0.2, -0.15) is 0 Å². The Bertz CT molecular complexity index is 313. The Balaban J connectivity index is 2.99. The van der Waals surface area contributed by atoms with E-state index in [0.29, 0.717) is 59.5 Å². The van der Waals surface area contributed by atoms with Crippen molar-refractivity contribution in [1.82, 2.24) is 0 Å². The Morgan fingerprint density at radius 2 is 0.857 bits per heavy atom. The summed E-state index contributed by atoms with van der Waals surface area (Å²) in [5, 5.41) is 0. The molecule has 0 rings (SSSR count). The van der Waals surface area contributed by atoms with Crippen molar-refractivity contribution in [3.8, 4) is 0 Å². The van der Waals surface area contributed by atoms with Crippen molar-refractivity contribution in [1.29, 1.82) is 0 Å². The van der Waals surface area contributed by atoms with Gasteiger partial charge in [-0.15, -0.1) is 0 Å². The lowest BCUT2D eigenvalue weighted by molar-refractivity contribution is -0.142. The molecule has 0 atom stereocenters. The number of hydrogen-bond acceptors (Lipinski definition) is 7. The molecule has 28 heavy (non-hydrogen) atoms. The minimum atomic E-state index is -0.294. The molecule has 7 heteroatoms. The maximum atomic E-state index is 10.5. The zero-order valence-corrected chi connectivity index (χ0v) is 18.1. The van der Waals surface area contributed by atoms with Crippen LogP contribution in [0.5, 0.6) is 0 Å². The van der Waals surface area contributed by atoms with Gasteiger partial charge in [0.25, 0.3) is 0 Å². The van der Waals surface area contributed by atoms with Crippen molar-refractivity contribution >= 4 is 5.97 Å². The molecular formula is C21H42O7. The Labute approximate surface area is 171 Å². The molecule has 0 aromatic heterocycles. The molecule has 0 saturated heterocycles. The molecule has 168 valence electrons. The molecule has 0 bridgehead atoms. The minimum absolute atomic E-state index is 0.280. The van der Waals surface area contributed by atoms with Gasteiger partial charge >= 0.3 is 5.97 Å². The van der Waals surface area contributed by atoms with Crippen LogP contribution in [-0.4, -0.2) is 78.6 Å². The Hall–Kier alpha value is -0.730. The van der Waals surface area contributed by atoms with E-state index in [2.05, 4.69) is 6.92 Å². The molecule has 0 radical (unpaired) electrons. The summed E-state index contributed by atoms with van der Waals surface area (Å²) in [6.07, 6.45) is 9.12. The van der Waals surface area contributed by atoms with E-state index in [4.69, 9.17) is 28.4 Å². The maximum absolute atomic E-state index is 10.5. The van der Waals surface area contributed by atoms with Crippen LogP contribution in [0.4, 0.5) is 0 Å². The highest BCUT2D eigenvalue weighted by molar-refractivity contribution is 5.65. The fourth-order valence-corrected chi connectivity index (χ4v) is 2.39. The molecule has 0 aromatic rings. The number of carbonyl (C=O) groups excluding carboxylic acids is 1. The topological polar surface area (TPSA) is 72.5 Å². The number of hydrogen-bond donors (Lipinski definition) is 0. The summed E-state index contributed by atoms with van der Waals surface area (Å²) < 4.78 is 31.8. The van der Waals surface area contributed by atoms with E-state index in [1.807, 2.05) is 0 Å². The van der Waals surface area contributed by atoms with Crippen molar-refractivity contribution in [2.45, 2.75) is 58.8 Å². The second kappa shape index (κ2) is 24.3. The Kier molecular flexibility index (Phi) is 23.7. The van der Waals surface area contributed by atoms with Gasteiger partial charge in [-0.1, -0.05) is 45.4 Å². The van der Waals surface area contributed by atoms with E-state index < -0.39 is 0 Å². The molecule has 0 spiro atoms. The van der Waals surface area contributed by atoms with Gasteiger partial charge in [0, 0.05) is 13.5 Å². The predicted molar refractivity (Wildman–Crippen MR) is 109 cm³/mol. The average Bonchev–Trinajstić information content (AvgIpc) is 2.68. The van der Waals surface area contributed by atoms with Crippen LogP contribution < -0.4 is 0 Å². The highest BCUT2D eigenvalue weighted by Gasteiger charge is 1.95. The van der Waals surface area contributed by atoms with Gasteiger partial charge in [-0.05, 0) is 6.42 Å². The monoisotopic (exact) mass is 406 g/mol. The van der Waals surface area contributed by atoms with Crippen molar-refractivity contribution in [3.05, 3.63) is 0 Å². The summed E-state index contributed by atoms with van der Waals surface area (Å²) in [6, 6.07) is 0. The van der Waals surface area contributed by atoms with E-state index >= 15 is 0 Å². The lowest BCUT2D eigenvalue weighted by Gasteiger charge is -2.08. The van der Waals surface area contributed by atoms with E-state index in [1.165, 1.54) is 45.4 Å². The number of ether oxygens (including phenoxy) is 6. The molecule has 0 amide bonds. The van der Waals surface area contributed by atoms with Crippen LogP contribution in [-0.2, 0) is 33.2 Å². The number of esters is 1. The fraction of sp³-hybridized carbons (Fsp3) is 0.952. The predicted octanol–water partition coefficient (Wildman–Crippen LogP) is 3.38. The molecule has 0 saturated carbocycles. The van der Waals surface area contributed by atoms with Crippen LogP contribution in [0.2, 0.25) is 0 Å². The third kappa shape index (κ3) is 25.3. The largest absolute Gasteiger partial charge is 0.463 e. The van der Waals surface area contributed by atoms with Crippen LogP contribution in [0, 0.1) is 0 Å². The maximum Gasteiger partial charge on any atom is 0.302 e. The first kappa shape index (κ1) is 27.3. The normalized spacial score (nSPS) is 11.1. The van der Waals surface area contributed by atoms with Gasteiger partial charge in [-0.3, -0.25) is 4.79 Å². The third-order valence-electron chi connectivity index (χ3n) is 3.91. The van der Waals surface area contributed by atoms with Crippen molar-refractivity contribution in [2.75, 3.05) is 72.7 Å². The zero-order valence-electron chi connectivity index (χ0n) is 18.1. The van der Waals surface area contributed by atoms with Crippen LogP contribution in [0.3, 0.4) is 0 Å². The molecule has 0 aliphatic carbocycles. The third-order valence-corrected chi connectivity index (χ3v) is 3.91. The van der Waals surface area contributed by atoms with Crippen LogP contribution in [0.25, 0.3) is 0 Å². The highest BCUT2D eigenvalue weighted by atomic mass is 16.6. The number of rotatable bonds is 23. The van der Waals surface area contributed by atoms with E-state index in [1.54, 1.807) is 0 Å². The first-order valence-corrected chi connectivity index (χ1v) is 10.8. The lowest BCUT2D eigenvalue weighted by Crippen LogP contribution is -2.14. The van der Waals surface area contributed by atoms with E-state index in [-0.39, 0.29) is 12.6 Å². The Morgan fingerprint density at radius 1 is 0.500 bits per heavy atom. The van der Waals surface area contributed by atoms with Crippen LogP contribution in [0.1, 0.15) is 58.8 Å². The SMILES string of the molecule is CCCCCCCCCOCCOCCOCCOCCOCCOC(C)=O. The van der Waals surface area contributed by atoms with Crippen LogP contribution in [0.15, 0.2) is 0 Å². The summed E-state index contributed by atoms with van der Waals surface area (Å²) in [7, 11) is 0. The Morgan fingerprint density at radius 3 is 1.29 bits per heavy atom. The minimum Gasteiger partial charge on any atom is -0.463 e. The molecule has 7 nitrogen and oxygen atoms in total. The standard InChI is InChI=1S/C21H42O7/c1-3-4-5-6-7-8-9-10-23-11-12-24-13-14-25-15-16-26-17-18-27-19-20-28-21(2)22/h3-20H2,1-2H3. The smallest absolute Gasteiger partial charge is 0.302 e. The second-order valence-electron chi connectivity index (χ2n) is 6.52. The van der Waals surface area contributed by atoms with Crippen molar-refractivity contribution < 1.29 is 33.2 Å². The van der Waals surface area contributed by atoms with Gasteiger partial charge in [0.2, 0.25) is 0 Å². The van der Waals surface area contributed by atoms with Gasteiger partial charge in [0.1, 0.15) is 6.61 Å². The average molecular weight is 407 g/mol. The summed E-state index contributed by atoms with van der Waals surface area (Å²) >= 11 is 0. The summed E-state index contributed by atoms with van der Waals surface area (Å²) in [6.45, 7) is 9.53. The van der Waals surface area contributed by atoms with Gasteiger partial charge in [-0.25, -0.2) is 0 Å². The first-order chi connectivity index (χ1) is 13.8. The van der Waals surface area contributed by atoms with E-state index in [9.17, 15) is 4.79 Å². The second-order valence-corrected chi connectivity index (χ2v) is 6.52. The molecule has 0 aliphatic heterocycles. The quantitative estimate of drug-likeness (QED) is 0.190. The van der Waals surface area contributed by atoms with Gasteiger partial charge in [0.05, 0.1) is 59.5 Å². The van der Waals surface area contributed by atoms with E-state index in [0.717, 1.165) is 13.0 Å². The van der Waals surface area contributed by atoms with Crippen molar-refractivity contribution in [3.63, 3.8) is 0 Å². The molecular weight excluding hydrogens is 364 g/mol. The van der Waals surface area contributed by atoms with Gasteiger partial charge < -0.3 is 28.4 Å². The zero-order chi connectivity index (χ0) is 20.5.